The maximum absolute atomic E-state index is 11.7. The predicted octanol–water partition coefficient (Wildman–Crippen LogP) is 1.95. The summed E-state index contributed by atoms with van der Waals surface area (Å²) in [6.45, 7) is 4.02. The number of amides is 1. The molecule has 0 aromatic heterocycles. The van der Waals surface area contributed by atoms with Gasteiger partial charge in [-0.05, 0) is 25.0 Å². The van der Waals surface area contributed by atoms with Gasteiger partial charge in [-0.2, -0.15) is 0 Å². The van der Waals surface area contributed by atoms with Crippen molar-refractivity contribution in [3.63, 3.8) is 0 Å². The summed E-state index contributed by atoms with van der Waals surface area (Å²) in [7, 11) is 1.64. The summed E-state index contributed by atoms with van der Waals surface area (Å²) in [5.74, 6) is -1.24. The van der Waals surface area contributed by atoms with Gasteiger partial charge >= 0.3 is 5.97 Å². The Bertz CT molecular complexity index is 465. The fraction of sp³-hybridized carbons (Fsp3) is 0.467. The molecule has 0 spiro atoms. The summed E-state index contributed by atoms with van der Waals surface area (Å²) in [4.78, 5) is 22.6. The molecule has 5 nitrogen and oxygen atoms in total. The molecule has 0 heterocycles. The number of carbonyl (C=O) groups excluding carboxylic acids is 1. The van der Waals surface area contributed by atoms with Gasteiger partial charge in [-0.1, -0.05) is 24.3 Å². The molecule has 20 heavy (non-hydrogen) atoms. The number of aliphatic carboxylic acids is 1. The Morgan fingerprint density at radius 2 is 1.75 bits per heavy atom. The number of hydrogen-bond acceptors (Lipinski definition) is 3. The maximum Gasteiger partial charge on any atom is 0.309 e. The largest absolute Gasteiger partial charge is 0.481 e. The van der Waals surface area contributed by atoms with Gasteiger partial charge < -0.3 is 15.2 Å². The van der Waals surface area contributed by atoms with Gasteiger partial charge in [-0.15, -0.1) is 0 Å². The van der Waals surface area contributed by atoms with Crippen LogP contribution >= 0.6 is 0 Å². The van der Waals surface area contributed by atoms with Crippen molar-refractivity contribution in [2.45, 2.75) is 33.4 Å². The van der Waals surface area contributed by atoms with Gasteiger partial charge in [-0.3, -0.25) is 9.59 Å². The molecule has 0 radical (unpaired) electrons. The SMILES string of the molecule is COCc1ccc(CNC(=O)CC(C)(C)C(=O)O)cc1. The summed E-state index contributed by atoms with van der Waals surface area (Å²) >= 11 is 0. The quantitative estimate of drug-likeness (QED) is 0.800. The van der Waals surface area contributed by atoms with E-state index in [1.807, 2.05) is 24.3 Å². The van der Waals surface area contributed by atoms with Crippen LogP contribution in [0.2, 0.25) is 0 Å². The molecule has 0 aliphatic carbocycles. The number of carbonyl (C=O) groups is 2. The lowest BCUT2D eigenvalue weighted by molar-refractivity contribution is -0.149. The van der Waals surface area contributed by atoms with Crippen molar-refractivity contribution in [2.24, 2.45) is 5.41 Å². The van der Waals surface area contributed by atoms with Crippen LogP contribution in [-0.2, 0) is 27.5 Å². The summed E-state index contributed by atoms with van der Waals surface area (Å²) in [6, 6.07) is 7.70. The van der Waals surface area contributed by atoms with Crippen LogP contribution in [-0.4, -0.2) is 24.1 Å². The van der Waals surface area contributed by atoms with Crippen LogP contribution in [0.25, 0.3) is 0 Å². The van der Waals surface area contributed by atoms with E-state index in [9.17, 15) is 9.59 Å². The van der Waals surface area contributed by atoms with Crippen LogP contribution in [0.3, 0.4) is 0 Å². The predicted molar refractivity (Wildman–Crippen MR) is 75.0 cm³/mol. The Balaban J connectivity index is 2.47. The lowest BCUT2D eigenvalue weighted by atomic mass is 9.89. The number of nitrogens with one attached hydrogen (secondary N) is 1. The Morgan fingerprint density at radius 1 is 1.20 bits per heavy atom. The Morgan fingerprint density at radius 3 is 2.25 bits per heavy atom. The Kier molecular flexibility index (Phi) is 5.70. The van der Waals surface area contributed by atoms with Gasteiger partial charge in [0.2, 0.25) is 5.91 Å². The molecule has 0 unspecified atom stereocenters. The third-order valence-electron chi connectivity index (χ3n) is 3.01. The first-order chi connectivity index (χ1) is 9.35. The summed E-state index contributed by atoms with van der Waals surface area (Å²) < 4.78 is 5.02. The standard InChI is InChI=1S/C15H21NO4/c1-15(2,14(18)19)8-13(17)16-9-11-4-6-12(7-5-11)10-20-3/h4-7H,8-10H2,1-3H3,(H,16,17)(H,18,19). The highest BCUT2D eigenvalue weighted by atomic mass is 16.5. The fourth-order valence-corrected chi connectivity index (χ4v) is 1.66. The van der Waals surface area contributed by atoms with Gasteiger partial charge in [0.1, 0.15) is 0 Å². The van der Waals surface area contributed by atoms with Crippen molar-refractivity contribution in [3.8, 4) is 0 Å². The smallest absolute Gasteiger partial charge is 0.309 e. The molecule has 0 aliphatic rings. The number of methoxy groups -OCH3 is 1. The molecule has 0 fully saturated rings. The van der Waals surface area contributed by atoms with E-state index in [0.29, 0.717) is 13.2 Å². The molecular formula is C15H21NO4. The van der Waals surface area contributed by atoms with Crippen LogP contribution in [0, 0.1) is 5.41 Å². The third-order valence-corrected chi connectivity index (χ3v) is 3.01. The third kappa shape index (κ3) is 5.01. The molecule has 0 saturated carbocycles. The van der Waals surface area contributed by atoms with Crippen molar-refractivity contribution >= 4 is 11.9 Å². The molecular weight excluding hydrogens is 258 g/mol. The average Bonchev–Trinajstić information content (AvgIpc) is 2.37. The first-order valence-electron chi connectivity index (χ1n) is 6.42. The highest BCUT2D eigenvalue weighted by Crippen LogP contribution is 2.20. The van der Waals surface area contributed by atoms with Gasteiger partial charge in [0, 0.05) is 20.1 Å². The van der Waals surface area contributed by atoms with Crippen LogP contribution in [0.1, 0.15) is 31.4 Å². The van der Waals surface area contributed by atoms with Crippen molar-refractivity contribution in [1.82, 2.24) is 5.32 Å². The molecule has 1 amide bonds. The Hall–Kier alpha value is -1.88. The zero-order valence-electron chi connectivity index (χ0n) is 12.1. The number of hydrogen-bond donors (Lipinski definition) is 2. The van der Waals surface area contributed by atoms with Gasteiger partial charge in [0.25, 0.3) is 0 Å². The van der Waals surface area contributed by atoms with E-state index in [-0.39, 0.29) is 12.3 Å². The molecule has 1 aromatic rings. The topological polar surface area (TPSA) is 75.6 Å². The van der Waals surface area contributed by atoms with E-state index in [1.54, 1.807) is 7.11 Å². The van der Waals surface area contributed by atoms with Crippen LogP contribution < -0.4 is 5.32 Å². The summed E-state index contributed by atoms with van der Waals surface area (Å²) in [5, 5.41) is 11.7. The fourth-order valence-electron chi connectivity index (χ4n) is 1.66. The van der Waals surface area contributed by atoms with Crippen molar-refractivity contribution in [1.29, 1.82) is 0 Å². The average molecular weight is 279 g/mol. The molecule has 1 aromatic carbocycles. The molecule has 110 valence electrons. The normalized spacial score (nSPS) is 11.2. The molecule has 1 rings (SSSR count). The second-order valence-electron chi connectivity index (χ2n) is 5.39. The summed E-state index contributed by atoms with van der Waals surface area (Å²) in [6.07, 6.45) is -0.0376. The lowest BCUT2D eigenvalue weighted by Gasteiger charge is -2.18. The number of ether oxygens (including phenoxy) is 1. The van der Waals surface area contributed by atoms with Gasteiger partial charge in [0.05, 0.1) is 12.0 Å². The van der Waals surface area contributed by atoms with E-state index in [1.165, 1.54) is 13.8 Å². The second-order valence-corrected chi connectivity index (χ2v) is 5.39. The van der Waals surface area contributed by atoms with Crippen molar-refractivity contribution in [3.05, 3.63) is 35.4 Å². The van der Waals surface area contributed by atoms with Crippen molar-refractivity contribution in [2.75, 3.05) is 7.11 Å². The van der Waals surface area contributed by atoms with E-state index in [0.717, 1.165) is 11.1 Å². The Labute approximate surface area is 118 Å². The minimum atomic E-state index is -1.05. The number of rotatable bonds is 7. The van der Waals surface area contributed by atoms with E-state index in [2.05, 4.69) is 5.32 Å². The number of benzene rings is 1. The number of carboxylic acids is 1. The van der Waals surface area contributed by atoms with Crippen LogP contribution in [0.5, 0.6) is 0 Å². The molecule has 0 aliphatic heterocycles. The van der Waals surface area contributed by atoms with E-state index in [4.69, 9.17) is 9.84 Å². The molecule has 2 N–H and O–H groups in total. The molecule has 0 saturated heterocycles. The summed E-state index contributed by atoms with van der Waals surface area (Å²) in [5.41, 5.74) is 0.979. The van der Waals surface area contributed by atoms with Gasteiger partial charge in [0.15, 0.2) is 0 Å². The number of carboxylic acid groups (broad SMARTS) is 1. The first-order valence-corrected chi connectivity index (χ1v) is 6.42. The van der Waals surface area contributed by atoms with E-state index >= 15 is 0 Å². The first kappa shape index (κ1) is 16.2. The minimum Gasteiger partial charge on any atom is -0.481 e. The highest BCUT2D eigenvalue weighted by molar-refractivity contribution is 5.84. The lowest BCUT2D eigenvalue weighted by Crippen LogP contribution is -2.33. The van der Waals surface area contributed by atoms with Gasteiger partial charge in [-0.25, -0.2) is 0 Å². The highest BCUT2D eigenvalue weighted by Gasteiger charge is 2.29. The van der Waals surface area contributed by atoms with Crippen LogP contribution in [0.15, 0.2) is 24.3 Å². The van der Waals surface area contributed by atoms with E-state index < -0.39 is 11.4 Å². The molecule has 5 heteroatoms. The zero-order valence-corrected chi connectivity index (χ0v) is 12.1. The monoisotopic (exact) mass is 279 g/mol. The van der Waals surface area contributed by atoms with Crippen molar-refractivity contribution < 1.29 is 19.4 Å². The van der Waals surface area contributed by atoms with Crippen LogP contribution in [0.4, 0.5) is 0 Å². The molecule has 0 bridgehead atoms. The maximum atomic E-state index is 11.7. The minimum absolute atomic E-state index is 0.0376. The zero-order chi connectivity index (χ0) is 15.2. The second kappa shape index (κ2) is 7.05. The molecule has 0 atom stereocenters.